The molecule has 1 rings (SSSR count). The van der Waals surface area contributed by atoms with Crippen molar-refractivity contribution in [3.05, 3.63) is 26.7 Å². The van der Waals surface area contributed by atoms with Gasteiger partial charge in [0.2, 0.25) is 5.91 Å². The molecule has 0 bridgehead atoms. The Morgan fingerprint density at radius 1 is 1.23 bits per heavy atom. The quantitative estimate of drug-likeness (QED) is 0.532. The molecule has 0 saturated heterocycles. The van der Waals surface area contributed by atoms with Crippen LogP contribution in [0.1, 0.15) is 13.3 Å². The van der Waals surface area contributed by atoms with E-state index in [-0.39, 0.29) is 24.0 Å². The predicted molar refractivity (Wildman–Crippen MR) is 87.1 cm³/mol. The number of nitrogens with one attached hydrogen (secondary N) is 2. The fraction of sp³-hybridized carbons (Fsp3) is 0.385. The third kappa shape index (κ3) is 6.83. The number of carbonyl (C=O) groups is 2. The average Bonchev–Trinajstić information content (AvgIpc) is 2.44. The van der Waals surface area contributed by atoms with Gasteiger partial charge in [-0.15, -0.1) is 0 Å². The van der Waals surface area contributed by atoms with Crippen LogP contribution in [0.4, 0.5) is 0 Å². The predicted octanol–water partition coefficient (Wildman–Crippen LogP) is 2.71. The summed E-state index contributed by atoms with van der Waals surface area (Å²) in [5, 5.41) is 0.711. The van der Waals surface area contributed by atoms with Gasteiger partial charge in [0.05, 0.1) is 22.5 Å². The zero-order chi connectivity index (χ0) is 16.5. The molecule has 0 aliphatic carbocycles. The molecular formula is C13H15BrCl2N2O4. The van der Waals surface area contributed by atoms with Crippen molar-refractivity contribution in [1.29, 1.82) is 0 Å². The molecule has 1 aromatic rings. The summed E-state index contributed by atoms with van der Waals surface area (Å²) < 4.78 is 10.8. The van der Waals surface area contributed by atoms with Gasteiger partial charge in [0.25, 0.3) is 5.91 Å². The van der Waals surface area contributed by atoms with Crippen LogP contribution in [0.3, 0.4) is 0 Å². The van der Waals surface area contributed by atoms with Gasteiger partial charge in [0.15, 0.2) is 12.4 Å². The van der Waals surface area contributed by atoms with Crippen molar-refractivity contribution in [2.75, 3.05) is 19.8 Å². The molecule has 0 aromatic heterocycles. The van der Waals surface area contributed by atoms with E-state index in [1.54, 1.807) is 6.07 Å². The first-order chi connectivity index (χ1) is 10.4. The number of ether oxygens (including phenoxy) is 2. The Morgan fingerprint density at radius 3 is 2.55 bits per heavy atom. The molecule has 0 radical (unpaired) electrons. The Hall–Kier alpha value is -1.02. The molecule has 22 heavy (non-hydrogen) atoms. The number of hydrogen-bond donors (Lipinski definition) is 2. The first kappa shape index (κ1) is 19.0. The molecule has 0 fully saturated rings. The number of benzene rings is 1. The summed E-state index contributed by atoms with van der Waals surface area (Å²) >= 11 is 15.0. The largest absolute Gasteiger partial charge is 0.481 e. The van der Waals surface area contributed by atoms with Gasteiger partial charge in [-0.25, -0.2) is 0 Å². The smallest absolute Gasteiger partial charge is 0.276 e. The lowest BCUT2D eigenvalue weighted by Crippen LogP contribution is -2.44. The van der Waals surface area contributed by atoms with Crippen LogP contribution in [0.5, 0.6) is 5.75 Å². The molecule has 0 spiro atoms. The van der Waals surface area contributed by atoms with Gasteiger partial charge in [-0.1, -0.05) is 23.2 Å². The van der Waals surface area contributed by atoms with Crippen LogP contribution < -0.4 is 15.6 Å². The normalized spacial score (nSPS) is 10.2. The first-order valence-electron chi connectivity index (χ1n) is 6.36. The zero-order valence-electron chi connectivity index (χ0n) is 11.8. The van der Waals surface area contributed by atoms with Crippen molar-refractivity contribution in [2.45, 2.75) is 13.3 Å². The van der Waals surface area contributed by atoms with Crippen LogP contribution in [-0.2, 0) is 14.3 Å². The second-order valence-corrected chi connectivity index (χ2v) is 5.73. The average molecular weight is 414 g/mol. The number of amides is 2. The van der Waals surface area contributed by atoms with E-state index in [2.05, 4.69) is 26.8 Å². The minimum absolute atomic E-state index is 0.156. The van der Waals surface area contributed by atoms with E-state index in [9.17, 15) is 9.59 Å². The Bertz CT molecular complexity index is 520. The molecule has 2 N–H and O–H groups in total. The second kappa shape index (κ2) is 9.89. The number of hydrogen-bond acceptors (Lipinski definition) is 4. The molecule has 0 heterocycles. The Labute approximate surface area is 146 Å². The van der Waals surface area contributed by atoms with Gasteiger partial charge >= 0.3 is 0 Å². The second-order valence-electron chi connectivity index (χ2n) is 4.03. The van der Waals surface area contributed by atoms with Gasteiger partial charge in [0.1, 0.15) is 0 Å². The minimum atomic E-state index is -0.525. The van der Waals surface area contributed by atoms with E-state index in [4.69, 9.17) is 32.7 Å². The minimum Gasteiger partial charge on any atom is -0.481 e. The summed E-state index contributed by atoms with van der Waals surface area (Å²) in [6.07, 6.45) is 0.156. The van der Waals surface area contributed by atoms with Gasteiger partial charge in [-0.05, 0) is 35.0 Å². The lowest BCUT2D eigenvalue weighted by Gasteiger charge is -2.11. The zero-order valence-corrected chi connectivity index (χ0v) is 14.8. The molecule has 2 amide bonds. The van der Waals surface area contributed by atoms with Gasteiger partial charge < -0.3 is 9.47 Å². The summed E-state index contributed by atoms with van der Waals surface area (Å²) in [6, 6.07) is 3.09. The Kier molecular flexibility index (Phi) is 8.55. The Balaban J connectivity index is 2.36. The highest BCUT2D eigenvalue weighted by atomic mass is 79.9. The lowest BCUT2D eigenvalue weighted by molar-refractivity contribution is -0.130. The van der Waals surface area contributed by atoms with Gasteiger partial charge in [-0.2, -0.15) is 0 Å². The van der Waals surface area contributed by atoms with E-state index in [0.29, 0.717) is 28.5 Å². The van der Waals surface area contributed by atoms with E-state index >= 15 is 0 Å². The molecule has 1 aromatic carbocycles. The third-order valence-corrected chi connectivity index (χ3v) is 3.42. The molecule has 122 valence electrons. The highest BCUT2D eigenvalue weighted by molar-refractivity contribution is 9.10. The molecule has 0 saturated carbocycles. The molecule has 0 atom stereocenters. The molecule has 9 heteroatoms. The number of carbonyl (C=O) groups excluding carboxylic acids is 2. The van der Waals surface area contributed by atoms with Crippen LogP contribution in [0.25, 0.3) is 0 Å². The fourth-order valence-corrected chi connectivity index (χ4v) is 2.72. The van der Waals surface area contributed by atoms with Crippen LogP contribution in [-0.4, -0.2) is 31.6 Å². The number of halogens is 3. The maximum atomic E-state index is 11.6. The fourth-order valence-electron chi connectivity index (χ4n) is 1.35. The summed E-state index contributed by atoms with van der Waals surface area (Å²) in [5.74, 6) is -0.584. The van der Waals surface area contributed by atoms with E-state index in [1.165, 1.54) is 6.07 Å². The standard InChI is InChI=1S/C13H15BrCl2N2O4/c1-2-21-4-3-11(19)17-18-12(20)7-22-13-9(14)5-8(15)6-10(13)16/h5-6H,2-4,7H2,1H3,(H,17,19)(H,18,20). The SMILES string of the molecule is CCOCCC(=O)NNC(=O)COc1c(Cl)cc(Cl)cc1Br. The number of rotatable bonds is 7. The summed E-state index contributed by atoms with van der Waals surface area (Å²) in [6.45, 7) is 2.34. The van der Waals surface area contributed by atoms with Gasteiger partial charge in [0, 0.05) is 11.6 Å². The molecule has 0 aliphatic rings. The maximum absolute atomic E-state index is 11.6. The summed E-state index contributed by atoms with van der Waals surface area (Å²) in [5.41, 5.74) is 4.48. The Morgan fingerprint density at radius 2 is 1.91 bits per heavy atom. The van der Waals surface area contributed by atoms with Crippen molar-refractivity contribution in [3.8, 4) is 5.75 Å². The molecule has 0 unspecified atom stereocenters. The van der Waals surface area contributed by atoms with Crippen molar-refractivity contribution >= 4 is 50.9 Å². The highest BCUT2D eigenvalue weighted by Crippen LogP contribution is 2.35. The van der Waals surface area contributed by atoms with Crippen molar-refractivity contribution in [2.24, 2.45) is 0 Å². The van der Waals surface area contributed by atoms with E-state index < -0.39 is 5.91 Å². The van der Waals surface area contributed by atoms with Gasteiger partial charge in [-0.3, -0.25) is 20.4 Å². The molecule has 0 aliphatic heterocycles. The van der Waals surface area contributed by atoms with Crippen LogP contribution in [0, 0.1) is 0 Å². The highest BCUT2D eigenvalue weighted by Gasteiger charge is 2.11. The topological polar surface area (TPSA) is 76.7 Å². The van der Waals surface area contributed by atoms with Crippen molar-refractivity contribution in [3.63, 3.8) is 0 Å². The van der Waals surface area contributed by atoms with Crippen LogP contribution in [0.2, 0.25) is 10.0 Å². The van der Waals surface area contributed by atoms with Crippen LogP contribution in [0.15, 0.2) is 16.6 Å². The van der Waals surface area contributed by atoms with Crippen molar-refractivity contribution < 1.29 is 19.1 Å². The maximum Gasteiger partial charge on any atom is 0.276 e. The van der Waals surface area contributed by atoms with E-state index in [0.717, 1.165) is 0 Å². The van der Waals surface area contributed by atoms with E-state index in [1.807, 2.05) is 6.92 Å². The van der Waals surface area contributed by atoms with Crippen LogP contribution >= 0.6 is 39.1 Å². The molecular weight excluding hydrogens is 399 g/mol. The molecule has 6 nitrogen and oxygen atoms in total. The summed E-state index contributed by atoms with van der Waals surface area (Å²) in [4.78, 5) is 22.9. The first-order valence-corrected chi connectivity index (χ1v) is 7.91. The van der Waals surface area contributed by atoms with Crippen molar-refractivity contribution in [1.82, 2.24) is 10.9 Å². The monoisotopic (exact) mass is 412 g/mol. The number of hydrazine groups is 1. The summed E-state index contributed by atoms with van der Waals surface area (Å²) in [7, 11) is 0. The lowest BCUT2D eigenvalue weighted by atomic mass is 10.3. The third-order valence-electron chi connectivity index (χ3n) is 2.33.